The molecule has 0 atom stereocenters. The zero-order valence-corrected chi connectivity index (χ0v) is 32.1. The van der Waals surface area contributed by atoms with Crippen molar-refractivity contribution in [3.63, 3.8) is 0 Å². The van der Waals surface area contributed by atoms with Gasteiger partial charge in [-0.25, -0.2) is 0 Å². The van der Waals surface area contributed by atoms with Crippen LogP contribution < -0.4 is 0 Å². The van der Waals surface area contributed by atoms with E-state index in [0.717, 1.165) is 60.8 Å². The lowest BCUT2D eigenvalue weighted by molar-refractivity contribution is -0.00552. The van der Waals surface area contributed by atoms with Gasteiger partial charge in [-0.05, 0) is 102 Å². The quantitative estimate of drug-likeness (QED) is 0.0774. The van der Waals surface area contributed by atoms with Crippen LogP contribution in [0.2, 0.25) is 0 Å². The molecule has 0 radical (unpaired) electrons. The van der Waals surface area contributed by atoms with Gasteiger partial charge in [0.2, 0.25) is 0 Å². The fourth-order valence-electron chi connectivity index (χ4n) is 5.73. The lowest BCUT2D eigenvalue weighted by Crippen LogP contribution is -2.36. The Kier molecular flexibility index (Phi) is 15.3. The van der Waals surface area contributed by atoms with Gasteiger partial charge in [-0.1, -0.05) is 101 Å². The van der Waals surface area contributed by atoms with Crippen LogP contribution in [-0.4, -0.2) is 54.0 Å². The molecule has 0 fully saturated rings. The summed E-state index contributed by atoms with van der Waals surface area (Å²) in [7, 11) is 0. The summed E-state index contributed by atoms with van der Waals surface area (Å²) in [5.74, 6) is -0.147. The first-order chi connectivity index (χ1) is 23.6. The summed E-state index contributed by atoms with van der Waals surface area (Å²) in [4.78, 5) is 40.5. The van der Waals surface area contributed by atoms with E-state index < -0.39 is 16.8 Å². The van der Waals surface area contributed by atoms with Crippen LogP contribution in [0.3, 0.4) is 0 Å². The molecular formula is C44H60O6. The maximum atomic E-state index is 14.1. The molecule has 0 spiro atoms. The molecule has 6 nitrogen and oxygen atoms in total. The molecule has 0 aliphatic rings. The molecule has 3 aromatic carbocycles. The topological polar surface area (TPSA) is 78.9 Å². The van der Waals surface area contributed by atoms with Gasteiger partial charge in [0.1, 0.15) is 16.8 Å². The lowest BCUT2D eigenvalue weighted by atomic mass is 9.87. The van der Waals surface area contributed by atoms with E-state index >= 15 is 0 Å². The standard InChI is InChI=1S/C44H60O6/c1-10-13-26-48-42(4,5)39(45)35-21-16-32(17-22-35)29-34-20-25-37(38(31-34)41(47)44(8,9)50-28-15-12-3)30-33-18-23-36(24-19-33)40(46)43(6,7)49-27-14-11-2/h16-25,31H,10-15,26-30H2,1-9H3. The van der Waals surface area contributed by atoms with Crippen molar-refractivity contribution in [3.05, 3.63) is 106 Å². The van der Waals surface area contributed by atoms with Crippen LogP contribution in [0.5, 0.6) is 0 Å². The smallest absolute Gasteiger partial charge is 0.194 e. The molecule has 0 heterocycles. The highest BCUT2D eigenvalue weighted by molar-refractivity contribution is 6.04. The third kappa shape index (κ3) is 11.5. The number of ketones is 3. The Morgan fingerprint density at radius 3 is 1.24 bits per heavy atom. The molecule has 0 saturated heterocycles. The van der Waals surface area contributed by atoms with Crippen molar-refractivity contribution < 1.29 is 28.6 Å². The first kappa shape index (κ1) is 41.0. The average molecular weight is 685 g/mol. The highest BCUT2D eigenvalue weighted by atomic mass is 16.5. The zero-order valence-electron chi connectivity index (χ0n) is 32.1. The molecule has 0 bridgehead atoms. The second-order valence-electron chi connectivity index (χ2n) is 14.9. The van der Waals surface area contributed by atoms with Crippen molar-refractivity contribution in [1.82, 2.24) is 0 Å². The third-order valence-electron chi connectivity index (χ3n) is 9.18. The predicted octanol–water partition coefficient (Wildman–Crippen LogP) is 10.2. The molecule has 3 aromatic rings. The van der Waals surface area contributed by atoms with Crippen LogP contribution in [0.4, 0.5) is 0 Å². The zero-order chi connectivity index (χ0) is 37.0. The van der Waals surface area contributed by atoms with E-state index in [2.05, 4.69) is 26.8 Å². The number of rotatable bonds is 22. The summed E-state index contributed by atoms with van der Waals surface area (Å²) in [6, 6.07) is 21.4. The number of ether oxygens (including phenoxy) is 3. The molecule has 0 aliphatic heterocycles. The average Bonchev–Trinajstić information content (AvgIpc) is 3.09. The van der Waals surface area contributed by atoms with Crippen molar-refractivity contribution in [1.29, 1.82) is 0 Å². The molecule has 272 valence electrons. The molecule has 0 N–H and O–H groups in total. The van der Waals surface area contributed by atoms with Crippen LogP contribution in [0.15, 0.2) is 66.7 Å². The number of hydrogen-bond acceptors (Lipinski definition) is 6. The largest absolute Gasteiger partial charge is 0.367 e. The Hall–Kier alpha value is -3.45. The van der Waals surface area contributed by atoms with E-state index in [-0.39, 0.29) is 17.3 Å². The number of carbonyl (C=O) groups is 3. The molecule has 0 aliphatic carbocycles. The summed E-state index contributed by atoms with van der Waals surface area (Å²) in [5, 5.41) is 0. The molecule has 0 saturated carbocycles. The van der Waals surface area contributed by atoms with E-state index in [4.69, 9.17) is 14.2 Å². The van der Waals surface area contributed by atoms with Crippen molar-refractivity contribution in [2.45, 2.75) is 130 Å². The minimum absolute atomic E-state index is 0.0379. The van der Waals surface area contributed by atoms with Gasteiger partial charge in [0.15, 0.2) is 17.3 Å². The van der Waals surface area contributed by atoms with Crippen LogP contribution in [-0.2, 0) is 27.1 Å². The number of benzene rings is 3. The molecule has 3 rings (SSSR count). The summed E-state index contributed by atoms with van der Waals surface area (Å²) >= 11 is 0. The maximum absolute atomic E-state index is 14.1. The van der Waals surface area contributed by atoms with Gasteiger partial charge >= 0.3 is 0 Å². The highest BCUT2D eigenvalue weighted by Crippen LogP contribution is 2.27. The van der Waals surface area contributed by atoms with Crippen molar-refractivity contribution in [2.75, 3.05) is 19.8 Å². The Bertz CT molecular complexity index is 1550. The van der Waals surface area contributed by atoms with Gasteiger partial charge in [-0.15, -0.1) is 0 Å². The summed E-state index contributed by atoms with van der Waals surface area (Å²) in [6.45, 7) is 18.9. The minimum atomic E-state index is -0.990. The van der Waals surface area contributed by atoms with E-state index in [9.17, 15) is 14.4 Å². The number of unbranched alkanes of at least 4 members (excludes halogenated alkanes) is 3. The Balaban J connectivity index is 1.86. The SMILES string of the molecule is CCCCOC(C)(C)C(=O)c1ccc(Cc2ccc(Cc3ccc(C(=O)C(C)(C)OCCCC)cc3)c(C(=O)C(C)(C)OCCCC)c2)cc1. The first-order valence-corrected chi connectivity index (χ1v) is 18.5. The molecule has 0 unspecified atom stereocenters. The normalized spacial score (nSPS) is 12.3. The first-order valence-electron chi connectivity index (χ1n) is 18.5. The Morgan fingerprint density at radius 2 is 0.840 bits per heavy atom. The number of Topliss-reactive ketones (excluding diaryl/α,β-unsaturated/α-hetero) is 3. The van der Waals surface area contributed by atoms with E-state index in [1.807, 2.05) is 102 Å². The summed E-state index contributed by atoms with van der Waals surface area (Å²) in [6.07, 6.45) is 6.86. The summed E-state index contributed by atoms with van der Waals surface area (Å²) < 4.78 is 17.9. The third-order valence-corrected chi connectivity index (χ3v) is 9.18. The van der Waals surface area contributed by atoms with Crippen LogP contribution in [0, 0.1) is 0 Å². The van der Waals surface area contributed by atoms with Gasteiger partial charge in [-0.3, -0.25) is 14.4 Å². The van der Waals surface area contributed by atoms with Gasteiger partial charge < -0.3 is 14.2 Å². The van der Waals surface area contributed by atoms with E-state index in [1.54, 1.807) is 0 Å². The van der Waals surface area contributed by atoms with Gasteiger partial charge in [0.25, 0.3) is 0 Å². The van der Waals surface area contributed by atoms with Gasteiger partial charge in [0, 0.05) is 36.5 Å². The van der Waals surface area contributed by atoms with Crippen molar-refractivity contribution >= 4 is 17.3 Å². The van der Waals surface area contributed by atoms with E-state index in [0.29, 0.717) is 49.4 Å². The second kappa shape index (κ2) is 18.7. The number of carbonyl (C=O) groups excluding carboxylic acids is 3. The fraction of sp³-hybridized carbons (Fsp3) is 0.523. The molecule has 0 aromatic heterocycles. The molecule has 0 amide bonds. The van der Waals surface area contributed by atoms with Gasteiger partial charge in [0.05, 0.1) is 0 Å². The van der Waals surface area contributed by atoms with Crippen LogP contribution in [0.25, 0.3) is 0 Å². The number of hydrogen-bond donors (Lipinski definition) is 0. The molecule has 6 heteroatoms. The summed E-state index contributed by atoms with van der Waals surface area (Å²) in [5.41, 5.74) is 3.02. The Morgan fingerprint density at radius 1 is 0.480 bits per heavy atom. The fourth-order valence-corrected chi connectivity index (χ4v) is 5.73. The second-order valence-corrected chi connectivity index (χ2v) is 14.9. The highest BCUT2D eigenvalue weighted by Gasteiger charge is 2.32. The van der Waals surface area contributed by atoms with Gasteiger partial charge in [-0.2, -0.15) is 0 Å². The van der Waals surface area contributed by atoms with E-state index in [1.165, 1.54) is 0 Å². The Labute approximate surface area is 301 Å². The monoisotopic (exact) mass is 684 g/mol. The van der Waals surface area contributed by atoms with Crippen LogP contribution >= 0.6 is 0 Å². The lowest BCUT2D eigenvalue weighted by Gasteiger charge is -2.26. The van der Waals surface area contributed by atoms with Crippen LogP contribution in [0.1, 0.15) is 154 Å². The van der Waals surface area contributed by atoms with Crippen molar-refractivity contribution in [2.24, 2.45) is 0 Å². The van der Waals surface area contributed by atoms with Crippen molar-refractivity contribution in [3.8, 4) is 0 Å². The molecule has 50 heavy (non-hydrogen) atoms. The maximum Gasteiger partial charge on any atom is 0.194 e. The predicted molar refractivity (Wildman–Crippen MR) is 203 cm³/mol. The minimum Gasteiger partial charge on any atom is -0.367 e. The molecular weight excluding hydrogens is 624 g/mol.